The lowest BCUT2D eigenvalue weighted by Gasteiger charge is -2.45. The lowest BCUT2D eigenvalue weighted by molar-refractivity contribution is -0.238. The maximum atomic E-state index is 6.44. The van der Waals surface area contributed by atoms with Crippen LogP contribution in [0.4, 0.5) is 0 Å². The van der Waals surface area contributed by atoms with Gasteiger partial charge in [-0.25, -0.2) is 0 Å². The Morgan fingerprint density at radius 1 is 0.645 bits per heavy atom. The Bertz CT molecular complexity index is 811. The van der Waals surface area contributed by atoms with Gasteiger partial charge in [0.05, 0.1) is 13.2 Å². The fourth-order valence-corrected chi connectivity index (χ4v) is 4.52. The first-order valence-electron chi connectivity index (χ1n) is 10.7. The maximum Gasteiger partial charge on any atom is 0.164 e. The van der Waals surface area contributed by atoms with Gasteiger partial charge in [-0.2, -0.15) is 0 Å². The highest BCUT2D eigenvalue weighted by atomic mass is 16.8. The van der Waals surface area contributed by atoms with E-state index in [9.17, 15) is 0 Å². The SMILES string of the molecule is CO[C@H]1[C@H](OC)[C@H]2OC(C)(C)O[C@H]2[C@@H](OCc2ccccc2)[C@@H]1OCc1ccccc1. The lowest BCUT2D eigenvalue weighted by Crippen LogP contribution is -2.65. The molecule has 1 saturated carbocycles. The van der Waals surface area contributed by atoms with Crippen molar-refractivity contribution in [2.75, 3.05) is 14.2 Å². The average molecular weight is 429 g/mol. The van der Waals surface area contributed by atoms with Crippen LogP contribution in [0.3, 0.4) is 0 Å². The first-order valence-corrected chi connectivity index (χ1v) is 10.7. The monoisotopic (exact) mass is 428 g/mol. The molecule has 2 aromatic carbocycles. The minimum Gasteiger partial charge on any atom is -0.376 e. The van der Waals surface area contributed by atoms with E-state index in [0.717, 1.165) is 11.1 Å². The molecule has 0 bridgehead atoms. The van der Waals surface area contributed by atoms with Gasteiger partial charge < -0.3 is 28.4 Å². The molecular formula is C25H32O6. The van der Waals surface area contributed by atoms with Crippen molar-refractivity contribution in [2.45, 2.75) is 69.5 Å². The minimum atomic E-state index is -0.743. The summed E-state index contributed by atoms with van der Waals surface area (Å²) in [4.78, 5) is 0. The van der Waals surface area contributed by atoms with Gasteiger partial charge in [-0.05, 0) is 25.0 Å². The molecule has 1 aliphatic carbocycles. The van der Waals surface area contributed by atoms with E-state index >= 15 is 0 Å². The summed E-state index contributed by atoms with van der Waals surface area (Å²) in [6.07, 6.45) is -2.13. The number of hydrogen-bond acceptors (Lipinski definition) is 6. The first-order chi connectivity index (χ1) is 15.0. The molecule has 6 nitrogen and oxygen atoms in total. The van der Waals surface area contributed by atoms with Crippen LogP contribution < -0.4 is 0 Å². The van der Waals surface area contributed by atoms with Gasteiger partial charge in [-0.15, -0.1) is 0 Å². The fourth-order valence-electron chi connectivity index (χ4n) is 4.52. The van der Waals surface area contributed by atoms with Crippen molar-refractivity contribution >= 4 is 0 Å². The van der Waals surface area contributed by atoms with Crippen LogP contribution in [0.5, 0.6) is 0 Å². The summed E-state index contributed by atoms with van der Waals surface area (Å²) in [5.41, 5.74) is 2.17. The van der Waals surface area contributed by atoms with Crippen LogP contribution >= 0.6 is 0 Å². The molecule has 0 spiro atoms. The zero-order valence-corrected chi connectivity index (χ0v) is 18.6. The first kappa shape index (κ1) is 22.4. The topological polar surface area (TPSA) is 55.4 Å². The van der Waals surface area contributed by atoms with E-state index in [4.69, 9.17) is 28.4 Å². The van der Waals surface area contributed by atoms with Gasteiger partial charge in [0, 0.05) is 14.2 Å². The third-order valence-electron chi connectivity index (χ3n) is 5.90. The van der Waals surface area contributed by atoms with Crippen LogP contribution in [0.15, 0.2) is 60.7 Å². The zero-order valence-electron chi connectivity index (χ0n) is 18.6. The molecule has 2 aliphatic rings. The molecule has 31 heavy (non-hydrogen) atoms. The maximum absolute atomic E-state index is 6.44. The summed E-state index contributed by atoms with van der Waals surface area (Å²) < 4.78 is 37.1. The minimum absolute atomic E-state index is 0.317. The highest BCUT2D eigenvalue weighted by Crippen LogP contribution is 2.41. The molecule has 6 heteroatoms. The van der Waals surface area contributed by atoms with Crippen molar-refractivity contribution < 1.29 is 28.4 Å². The molecule has 0 aromatic heterocycles. The number of rotatable bonds is 8. The quantitative estimate of drug-likeness (QED) is 0.639. The summed E-state index contributed by atoms with van der Waals surface area (Å²) >= 11 is 0. The predicted octanol–water partition coefficient (Wildman–Crippen LogP) is 3.72. The van der Waals surface area contributed by atoms with Gasteiger partial charge in [0.15, 0.2) is 5.79 Å². The van der Waals surface area contributed by atoms with E-state index < -0.39 is 11.9 Å². The third kappa shape index (κ3) is 5.00. The number of ether oxygens (including phenoxy) is 6. The predicted molar refractivity (Wildman–Crippen MR) is 115 cm³/mol. The van der Waals surface area contributed by atoms with Gasteiger partial charge in [0.1, 0.15) is 36.6 Å². The second-order valence-electron chi connectivity index (χ2n) is 8.49. The molecule has 2 aromatic rings. The fraction of sp³-hybridized carbons (Fsp3) is 0.520. The van der Waals surface area contributed by atoms with Gasteiger partial charge in [-0.3, -0.25) is 0 Å². The Hall–Kier alpha value is -1.80. The van der Waals surface area contributed by atoms with E-state index in [-0.39, 0.29) is 30.5 Å². The molecule has 0 radical (unpaired) electrons. The molecule has 4 rings (SSSR count). The van der Waals surface area contributed by atoms with Crippen molar-refractivity contribution in [1.82, 2.24) is 0 Å². The highest BCUT2D eigenvalue weighted by molar-refractivity contribution is 5.15. The Kier molecular flexibility index (Phi) is 7.06. The van der Waals surface area contributed by atoms with Crippen molar-refractivity contribution in [3.8, 4) is 0 Å². The molecule has 1 aliphatic heterocycles. The molecule has 0 amide bonds. The molecule has 0 unspecified atom stereocenters. The van der Waals surface area contributed by atoms with Gasteiger partial charge in [0.25, 0.3) is 0 Å². The highest BCUT2D eigenvalue weighted by Gasteiger charge is 2.60. The van der Waals surface area contributed by atoms with Crippen LogP contribution in [0.1, 0.15) is 25.0 Å². The molecule has 6 atom stereocenters. The summed E-state index contributed by atoms with van der Waals surface area (Å²) in [7, 11) is 3.34. The zero-order chi connectivity index (χ0) is 21.8. The van der Waals surface area contributed by atoms with Crippen LogP contribution in [-0.2, 0) is 41.6 Å². The summed E-state index contributed by atoms with van der Waals surface area (Å²) in [6, 6.07) is 20.2. The second-order valence-corrected chi connectivity index (χ2v) is 8.49. The molecule has 0 N–H and O–H groups in total. The number of methoxy groups -OCH3 is 2. The van der Waals surface area contributed by atoms with Gasteiger partial charge >= 0.3 is 0 Å². The van der Waals surface area contributed by atoms with Crippen molar-refractivity contribution in [1.29, 1.82) is 0 Å². The normalized spacial score (nSPS) is 32.0. The number of fused-ring (bicyclic) bond motifs is 1. The van der Waals surface area contributed by atoms with Crippen LogP contribution in [0, 0.1) is 0 Å². The number of hydrogen-bond donors (Lipinski definition) is 0. The van der Waals surface area contributed by atoms with Crippen molar-refractivity contribution in [3.05, 3.63) is 71.8 Å². The van der Waals surface area contributed by atoms with Crippen LogP contribution in [-0.4, -0.2) is 56.6 Å². The largest absolute Gasteiger partial charge is 0.376 e. The molecular weight excluding hydrogens is 396 g/mol. The van der Waals surface area contributed by atoms with E-state index in [1.807, 2.05) is 74.5 Å². The molecule has 168 valence electrons. The molecule has 2 fully saturated rings. The standard InChI is InChI=1S/C25H32O6/c1-25(2)30-23-20(27-4)19(26-3)21(28-15-17-11-7-5-8-12-17)22(24(23)31-25)29-16-18-13-9-6-10-14-18/h5-14,19-24H,15-16H2,1-4H3/t19-,20-,21+,22-,23+,24-/m0/s1. The number of benzene rings is 2. The van der Waals surface area contributed by atoms with E-state index in [1.165, 1.54) is 0 Å². The van der Waals surface area contributed by atoms with E-state index in [2.05, 4.69) is 0 Å². The Morgan fingerprint density at radius 2 is 1.10 bits per heavy atom. The Morgan fingerprint density at radius 3 is 1.58 bits per heavy atom. The van der Waals surface area contributed by atoms with Gasteiger partial charge in [-0.1, -0.05) is 60.7 Å². The van der Waals surface area contributed by atoms with E-state index in [0.29, 0.717) is 13.2 Å². The van der Waals surface area contributed by atoms with Crippen molar-refractivity contribution in [3.63, 3.8) is 0 Å². The average Bonchev–Trinajstić information content (AvgIpc) is 3.11. The van der Waals surface area contributed by atoms with Crippen molar-refractivity contribution in [2.24, 2.45) is 0 Å². The van der Waals surface area contributed by atoms with Gasteiger partial charge in [0.2, 0.25) is 0 Å². The smallest absolute Gasteiger partial charge is 0.164 e. The lowest BCUT2D eigenvalue weighted by atomic mass is 9.84. The summed E-state index contributed by atoms with van der Waals surface area (Å²) in [5, 5.41) is 0. The molecule has 1 saturated heterocycles. The Balaban J connectivity index is 1.60. The van der Waals surface area contributed by atoms with Crippen LogP contribution in [0.2, 0.25) is 0 Å². The van der Waals surface area contributed by atoms with E-state index in [1.54, 1.807) is 14.2 Å². The summed E-state index contributed by atoms with van der Waals surface area (Å²) in [5.74, 6) is -0.743. The van der Waals surface area contributed by atoms with Crippen LogP contribution in [0.25, 0.3) is 0 Å². The second kappa shape index (κ2) is 9.77. The summed E-state index contributed by atoms with van der Waals surface area (Å²) in [6.45, 7) is 4.70. The molecule has 1 heterocycles. The Labute approximate surface area is 184 Å². The third-order valence-corrected chi connectivity index (χ3v) is 5.90.